The van der Waals surface area contributed by atoms with Gasteiger partial charge in [0.1, 0.15) is 6.61 Å². The predicted molar refractivity (Wildman–Crippen MR) is 61.5 cm³/mol. The number of hydrogen-bond donors (Lipinski definition) is 0. The van der Waals surface area contributed by atoms with E-state index in [1.807, 2.05) is 0 Å². The fourth-order valence-corrected chi connectivity index (χ4v) is 2.30. The molecule has 0 aromatic carbocycles. The molecule has 0 aromatic heterocycles. The summed E-state index contributed by atoms with van der Waals surface area (Å²) in [4.78, 5) is 12.9. The van der Waals surface area contributed by atoms with Crippen LogP contribution in [0.1, 0.15) is 25.7 Å². The standard InChI is InChI=1S/C12H21NO4/c1-13(2)11(14)9-15-10-3-5-12(6-4-10)16-7-8-17-12/h10H,3-9H2,1-2H3. The summed E-state index contributed by atoms with van der Waals surface area (Å²) in [6.45, 7) is 1.57. The van der Waals surface area contributed by atoms with E-state index in [-0.39, 0.29) is 24.4 Å². The van der Waals surface area contributed by atoms with Gasteiger partial charge in [-0.05, 0) is 12.8 Å². The van der Waals surface area contributed by atoms with E-state index in [4.69, 9.17) is 14.2 Å². The highest BCUT2D eigenvalue weighted by Crippen LogP contribution is 2.36. The molecule has 0 radical (unpaired) electrons. The van der Waals surface area contributed by atoms with E-state index < -0.39 is 0 Å². The molecule has 1 aliphatic carbocycles. The summed E-state index contributed by atoms with van der Waals surface area (Å²) in [5.41, 5.74) is 0. The quantitative estimate of drug-likeness (QED) is 0.735. The summed E-state index contributed by atoms with van der Waals surface area (Å²) in [6.07, 6.45) is 3.71. The van der Waals surface area contributed by atoms with Gasteiger partial charge in [0.25, 0.3) is 0 Å². The van der Waals surface area contributed by atoms with Crippen molar-refractivity contribution in [2.24, 2.45) is 0 Å². The van der Waals surface area contributed by atoms with E-state index in [0.29, 0.717) is 13.2 Å². The first-order valence-corrected chi connectivity index (χ1v) is 6.21. The number of hydrogen-bond acceptors (Lipinski definition) is 4. The largest absolute Gasteiger partial charge is 0.368 e. The molecule has 0 bridgehead atoms. The number of nitrogens with zero attached hydrogens (tertiary/aromatic N) is 1. The number of likely N-dealkylation sites (N-methyl/N-ethyl adjacent to an activating group) is 1. The van der Waals surface area contributed by atoms with Crippen LogP contribution in [-0.4, -0.2) is 56.6 Å². The normalized spacial score (nSPS) is 24.1. The maximum atomic E-state index is 11.4. The molecule has 1 saturated heterocycles. The molecule has 1 spiro atoms. The molecular formula is C12H21NO4. The Morgan fingerprint density at radius 2 is 1.88 bits per heavy atom. The van der Waals surface area contributed by atoms with Gasteiger partial charge >= 0.3 is 0 Å². The monoisotopic (exact) mass is 243 g/mol. The topological polar surface area (TPSA) is 48.0 Å². The predicted octanol–water partition coefficient (Wildman–Crippen LogP) is 0.777. The fourth-order valence-electron chi connectivity index (χ4n) is 2.30. The van der Waals surface area contributed by atoms with Crippen LogP contribution >= 0.6 is 0 Å². The Balaban J connectivity index is 1.70. The molecule has 2 rings (SSSR count). The molecule has 1 heterocycles. The average molecular weight is 243 g/mol. The van der Waals surface area contributed by atoms with Crippen LogP contribution in [0.4, 0.5) is 0 Å². The van der Waals surface area contributed by atoms with Gasteiger partial charge in [-0.1, -0.05) is 0 Å². The average Bonchev–Trinajstić information content (AvgIpc) is 2.76. The van der Waals surface area contributed by atoms with Gasteiger partial charge in [0.05, 0.1) is 19.3 Å². The lowest BCUT2D eigenvalue weighted by atomic mass is 9.92. The molecule has 17 heavy (non-hydrogen) atoms. The minimum atomic E-state index is -0.342. The SMILES string of the molecule is CN(C)C(=O)COC1CCC2(CC1)OCCO2. The van der Waals surface area contributed by atoms with Gasteiger partial charge in [-0.3, -0.25) is 4.79 Å². The Kier molecular flexibility index (Phi) is 4.01. The van der Waals surface area contributed by atoms with Gasteiger partial charge in [-0.2, -0.15) is 0 Å². The second kappa shape index (κ2) is 5.33. The molecule has 0 aromatic rings. The van der Waals surface area contributed by atoms with Crippen molar-refractivity contribution in [3.05, 3.63) is 0 Å². The Morgan fingerprint density at radius 3 is 2.41 bits per heavy atom. The molecule has 0 atom stereocenters. The molecule has 0 unspecified atom stereocenters. The smallest absolute Gasteiger partial charge is 0.248 e. The van der Waals surface area contributed by atoms with Gasteiger partial charge in [0, 0.05) is 26.9 Å². The molecule has 1 amide bonds. The third kappa shape index (κ3) is 3.18. The third-order valence-electron chi connectivity index (χ3n) is 3.45. The molecule has 1 aliphatic heterocycles. The van der Waals surface area contributed by atoms with Crippen molar-refractivity contribution in [1.82, 2.24) is 4.90 Å². The van der Waals surface area contributed by atoms with E-state index in [9.17, 15) is 4.79 Å². The van der Waals surface area contributed by atoms with Crippen LogP contribution in [-0.2, 0) is 19.0 Å². The first-order valence-electron chi connectivity index (χ1n) is 6.21. The van der Waals surface area contributed by atoms with Crippen LogP contribution in [0.25, 0.3) is 0 Å². The van der Waals surface area contributed by atoms with Crippen LogP contribution in [0.5, 0.6) is 0 Å². The first-order chi connectivity index (χ1) is 8.11. The Bertz CT molecular complexity index is 264. The molecule has 98 valence electrons. The van der Waals surface area contributed by atoms with Crippen molar-refractivity contribution >= 4 is 5.91 Å². The maximum absolute atomic E-state index is 11.4. The van der Waals surface area contributed by atoms with Crippen molar-refractivity contribution < 1.29 is 19.0 Å². The van der Waals surface area contributed by atoms with Crippen LogP contribution in [0.2, 0.25) is 0 Å². The molecule has 0 N–H and O–H groups in total. The van der Waals surface area contributed by atoms with Crippen LogP contribution < -0.4 is 0 Å². The molecule has 2 aliphatic rings. The highest BCUT2D eigenvalue weighted by molar-refractivity contribution is 5.76. The summed E-state index contributed by atoms with van der Waals surface area (Å²) in [5.74, 6) is -0.329. The van der Waals surface area contributed by atoms with Gasteiger partial charge in [0.15, 0.2) is 5.79 Å². The minimum Gasteiger partial charge on any atom is -0.368 e. The molecule has 5 heteroatoms. The zero-order valence-electron chi connectivity index (χ0n) is 10.6. The van der Waals surface area contributed by atoms with Gasteiger partial charge in [-0.15, -0.1) is 0 Å². The lowest BCUT2D eigenvalue weighted by Gasteiger charge is -2.35. The molecule has 2 fully saturated rings. The Labute approximate surface area is 102 Å². The molecule has 5 nitrogen and oxygen atoms in total. The van der Waals surface area contributed by atoms with Crippen LogP contribution in [0.3, 0.4) is 0 Å². The minimum absolute atomic E-state index is 0.0126. The van der Waals surface area contributed by atoms with Crippen LogP contribution in [0, 0.1) is 0 Å². The number of ether oxygens (including phenoxy) is 3. The number of carbonyl (C=O) groups excluding carboxylic acids is 1. The highest BCUT2D eigenvalue weighted by atomic mass is 16.7. The highest BCUT2D eigenvalue weighted by Gasteiger charge is 2.40. The first kappa shape index (κ1) is 12.8. The van der Waals surface area contributed by atoms with Gasteiger partial charge < -0.3 is 19.1 Å². The molecule has 1 saturated carbocycles. The van der Waals surface area contributed by atoms with Gasteiger partial charge in [-0.25, -0.2) is 0 Å². The zero-order chi connectivity index (χ0) is 12.3. The van der Waals surface area contributed by atoms with Crippen LogP contribution in [0.15, 0.2) is 0 Å². The second-order valence-electron chi connectivity index (χ2n) is 4.91. The van der Waals surface area contributed by atoms with Gasteiger partial charge in [0.2, 0.25) is 5.91 Å². The Morgan fingerprint density at radius 1 is 1.29 bits per heavy atom. The Hall–Kier alpha value is -0.650. The van der Waals surface area contributed by atoms with Crippen molar-refractivity contribution in [3.63, 3.8) is 0 Å². The van der Waals surface area contributed by atoms with Crippen molar-refractivity contribution in [2.75, 3.05) is 33.9 Å². The summed E-state index contributed by atoms with van der Waals surface area (Å²) in [7, 11) is 3.48. The van der Waals surface area contributed by atoms with Crippen molar-refractivity contribution in [1.29, 1.82) is 0 Å². The summed E-state index contributed by atoms with van der Waals surface area (Å²) >= 11 is 0. The summed E-state index contributed by atoms with van der Waals surface area (Å²) in [5, 5.41) is 0. The van der Waals surface area contributed by atoms with E-state index in [0.717, 1.165) is 25.7 Å². The molecular weight excluding hydrogens is 222 g/mol. The zero-order valence-corrected chi connectivity index (χ0v) is 10.6. The number of amides is 1. The summed E-state index contributed by atoms with van der Waals surface area (Å²) in [6, 6.07) is 0. The van der Waals surface area contributed by atoms with E-state index >= 15 is 0 Å². The van der Waals surface area contributed by atoms with E-state index in [2.05, 4.69) is 0 Å². The fraction of sp³-hybridized carbons (Fsp3) is 0.917. The lowest BCUT2D eigenvalue weighted by molar-refractivity contribution is -0.192. The third-order valence-corrected chi connectivity index (χ3v) is 3.45. The number of rotatable bonds is 3. The van der Waals surface area contributed by atoms with Crippen molar-refractivity contribution in [2.45, 2.75) is 37.6 Å². The second-order valence-corrected chi connectivity index (χ2v) is 4.91. The summed E-state index contributed by atoms with van der Waals surface area (Å²) < 4.78 is 16.9. The number of carbonyl (C=O) groups is 1. The van der Waals surface area contributed by atoms with Crippen molar-refractivity contribution in [3.8, 4) is 0 Å². The van der Waals surface area contributed by atoms with E-state index in [1.165, 1.54) is 0 Å². The van der Waals surface area contributed by atoms with E-state index in [1.54, 1.807) is 19.0 Å². The lowest BCUT2D eigenvalue weighted by Crippen LogP contribution is -2.38. The maximum Gasteiger partial charge on any atom is 0.248 e.